The summed E-state index contributed by atoms with van der Waals surface area (Å²) in [4.78, 5) is 15.4. The van der Waals surface area contributed by atoms with Crippen LogP contribution in [0.1, 0.15) is 0 Å². The lowest BCUT2D eigenvalue weighted by Gasteiger charge is -2.13. The van der Waals surface area contributed by atoms with Crippen molar-refractivity contribution >= 4 is 32.6 Å². The van der Waals surface area contributed by atoms with Crippen LogP contribution in [0, 0.1) is 0 Å². The lowest BCUT2D eigenvalue weighted by molar-refractivity contribution is 1.07. The Morgan fingerprint density at radius 2 is 0.811 bits per heavy atom. The Hall–Kier alpha value is -7.17. The van der Waals surface area contributed by atoms with E-state index in [0.29, 0.717) is 17.5 Å². The molecule has 10 aromatic rings. The van der Waals surface area contributed by atoms with Crippen LogP contribution in [0.25, 0.3) is 94.7 Å². The number of hydrogen-bond acceptors (Lipinski definition) is 3. The Bertz CT molecular complexity index is 2930. The summed E-state index contributed by atoms with van der Waals surface area (Å²) in [5, 5.41) is 4.88. The predicted octanol–water partition coefficient (Wildman–Crippen LogP) is 12.5. The lowest BCUT2D eigenvalue weighted by Crippen LogP contribution is -2.01. The van der Waals surface area contributed by atoms with E-state index in [0.717, 1.165) is 44.6 Å². The Labute approximate surface area is 307 Å². The van der Waals surface area contributed by atoms with Gasteiger partial charge in [0, 0.05) is 38.5 Å². The van der Waals surface area contributed by atoms with Gasteiger partial charge in [0.15, 0.2) is 17.5 Å². The molecule has 0 atom stereocenters. The van der Waals surface area contributed by atoms with Crippen LogP contribution in [-0.2, 0) is 0 Å². The number of fused-ring (bicyclic) bond motifs is 5. The smallest absolute Gasteiger partial charge is 0.164 e. The predicted molar refractivity (Wildman–Crippen MR) is 219 cm³/mol. The lowest BCUT2D eigenvalue weighted by atomic mass is 10.0. The van der Waals surface area contributed by atoms with Crippen molar-refractivity contribution < 1.29 is 0 Å². The molecule has 53 heavy (non-hydrogen) atoms. The fourth-order valence-corrected chi connectivity index (χ4v) is 7.46. The van der Waals surface area contributed by atoms with Gasteiger partial charge in [-0.15, -0.1) is 0 Å². The van der Waals surface area contributed by atoms with Gasteiger partial charge in [0.2, 0.25) is 0 Å². The Morgan fingerprint density at radius 1 is 0.302 bits per heavy atom. The second-order valence-electron chi connectivity index (χ2n) is 13.3. The third-order valence-corrected chi connectivity index (χ3v) is 10.0. The summed E-state index contributed by atoms with van der Waals surface area (Å²) < 4.78 is 2.38. The van der Waals surface area contributed by atoms with Crippen LogP contribution in [0.5, 0.6) is 0 Å². The van der Waals surface area contributed by atoms with E-state index in [2.05, 4.69) is 187 Å². The minimum Gasteiger partial charge on any atom is -0.309 e. The van der Waals surface area contributed by atoms with Gasteiger partial charge in [-0.1, -0.05) is 170 Å². The largest absolute Gasteiger partial charge is 0.309 e. The highest BCUT2D eigenvalue weighted by molar-refractivity contribution is 6.18. The van der Waals surface area contributed by atoms with E-state index < -0.39 is 0 Å². The minimum absolute atomic E-state index is 0.620. The molecule has 0 saturated carbocycles. The van der Waals surface area contributed by atoms with Crippen LogP contribution in [0.4, 0.5) is 0 Å². The fraction of sp³-hybridized carbons (Fsp3) is 0. The molecule has 0 aliphatic carbocycles. The molecule has 0 unspecified atom stereocenters. The van der Waals surface area contributed by atoms with Gasteiger partial charge in [0.05, 0.1) is 11.0 Å². The van der Waals surface area contributed by atoms with E-state index in [9.17, 15) is 0 Å². The van der Waals surface area contributed by atoms with Crippen molar-refractivity contribution in [2.75, 3.05) is 0 Å². The summed E-state index contributed by atoms with van der Waals surface area (Å²) in [6, 6.07) is 68.0. The van der Waals surface area contributed by atoms with Crippen molar-refractivity contribution in [2.24, 2.45) is 0 Å². The zero-order valence-corrected chi connectivity index (χ0v) is 28.8. The number of benzene rings is 8. The van der Waals surface area contributed by atoms with E-state index >= 15 is 0 Å². The maximum Gasteiger partial charge on any atom is 0.164 e. The normalized spacial score (nSPS) is 11.4. The Morgan fingerprint density at radius 3 is 1.55 bits per heavy atom. The first-order valence-electron chi connectivity index (χ1n) is 17.9. The average molecular weight is 677 g/mol. The molecule has 4 nitrogen and oxygen atoms in total. The molecule has 8 aromatic carbocycles. The number of rotatable bonds is 6. The van der Waals surface area contributed by atoms with Crippen molar-refractivity contribution in [2.45, 2.75) is 0 Å². The van der Waals surface area contributed by atoms with E-state index in [1.54, 1.807) is 0 Å². The van der Waals surface area contributed by atoms with E-state index in [1.165, 1.54) is 32.6 Å². The highest BCUT2D eigenvalue weighted by Gasteiger charge is 2.17. The van der Waals surface area contributed by atoms with Crippen molar-refractivity contribution in [3.8, 4) is 62.1 Å². The van der Waals surface area contributed by atoms with E-state index in [1.807, 2.05) is 12.1 Å². The molecule has 2 heterocycles. The Balaban J connectivity index is 1.15. The van der Waals surface area contributed by atoms with Crippen LogP contribution in [0.15, 0.2) is 194 Å². The molecule has 0 aliphatic heterocycles. The maximum atomic E-state index is 5.16. The summed E-state index contributed by atoms with van der Waals surface area (Å²) in [6.45, 7) is 0. The zero-order chi connectivity index (χ0) is 35.1. The van der Waals surface area contributed by atoms with Crippen molar-refractivity contribution in [1.29, 1.82) is 0 Å². The molecule has 10 rings (SSSR count). The third-order valence-electron chi connectivity index (χ3n) is 10.0. The SMILES string of the molecule is c1ccc(-c2ccc(-c3nc(-c4cccc(-c5ccccc5)c4)nc(-c4cccc(-n5c6ccccc6c6ccc7ccccc7c65)c4)n3)cc2)cc1. The van der Waals surface area contributed by atoms with E-state index in [-0.39, 0.29) is 0 Å². The van der Waals surface area contributed by atoms with Crippen LogP contribution in [-0.4, -0.2) is 19.5 Å². The average Bonchev–Trinajstić information content (AvgIpc) is 3.59. The highest BCUT2D eigenvalue weighted by Crippen LogP contribution is 2.37. The van der Waals surface area contributed by atoms with Gasteiger partial charge in [-0.2, -0.15) is 0 Å². The minimum atomic E-state index is 0.620. The number of nitrogens with zero attached hydrogens (tertiary/aromatic N) is 4. The summed E-state index contributed by atoms with van der Waals surface area (Å²) in [5.74, 6) is 1.88. The van der Waals surface area contributed by atoms with Crippen LogP contribution >= 0.6 is 0 Å². The second-order valence-corrected chi connectivity index (χ2v) is 13.3. The summed E-state index contributed by atoms with van der Waals surface area (Å²) >= 11 is 0. The van der Waals surface area contributed by atoms with Crippen molar-refractivity contribution in [3.63, 3.8) is 0 Å². The summed E-state index contributed by atoms with van der Waals surface area (Å²) in [5.41, 5.74) is 10.7. The first-order chi connectivity index (χ1) is 26.3. The van der Waals surface area contributed by atoms with Crippen LogP contribution in [0.3, 0.4) is 0 Å². The van der Waals surface area contributed by atoms with Crippen molar-refractivity contribution in [3.05, 3.63) is 194 Å². The molecular formula is C49H32N4. The molecule has 2 aromatic heterocycles. The molecule has 0 spiro atoms. The first-order valence-corrected chi connectivity index (χ1v) is 17.9. The van der Waals surface area contributed by atoms with Gasteiger partial charge in [0.25, 0.3) is 0 Å². The van der Waals surface area contributed by atoms with Gasteiger partial charge >= 0.3 is 0 Å². The monoisotopic (exact) mass is 676 g/mol. The molecule has 0 aliphatic rings. The topological polar surface area (TPSA) is 43.6 Å². The molecule has 0 saturated heterocycles. The molecule has 0 fully saturated rings. The molecule has 0 N–H and O–H groups in total. The molecule has 0 bridgehead atoms. The first kappa shape index (κ1) is 30.6. The standard InChI is InChI=1S/C49H32N4/c1-3-13-33(14-4-1)35-25-27-37(28-26-35)47-50-48(39-19-11-18-38(31-39)34-15-5-2-6-16-34)52-49(51-47)40-20-12-21-41(32-40)53-45-24-10-9-23-43(45)44-30-29-36-17-7-8-22-42(36)46(44)53/h1-32H. The van der Waals surface area contributed by atoms with Gasteiger partial charge in [-0.3, -0.25) is 0 Å². The van der Waals surface area contributed by atoms with Gasteiger partial charge in [-0.25, -0.2) is 15.0 Å². The van der Waals surface area contributed by atoms with Gasteiger partial charge < -0.3 is 4.57 Å². The van der Waals surface area contributed by atoms with Crippen molar-refractivity contribution in [1.82, 2.24) is 19.5 Å². The highest BCUT2D eigenvalue weighted by atomic mass is 15.0. The van der Waals surface area contributed by atoms with E-state index in [4.69, 9.17) is 15.0 Å². The summed E-state index contributed by atoms with van der Waals surface area (Å²) in [6.07, 6.45) is 0. The molecule has 248 valence electrons. The van der Waals surface area contributed by atoms with Gasteiger partial charge in [-0.05, 0) is 51.9 Å². The number of hydrogen-bond donors (Lipinski definition) is 0. The fourth-order valence-electron chi connectivity index (χ4n) is 7.46. The van der Waals surface area contributed by atoms with Gasteiger partial charge in [0.1, 0.15) is 0 Å². The number of aromatic nitrogens is 4. The van der Waals surface area contributed by atoms with Crippen LogP contribution in [0.2, 0.25) is 0 Å². The summed E-state index contributed by atoms with van der Waals surface area (Å²) in [7, 11) is 0. The molecule has 4 heteroatoms. The Kier molecular flexibility index (Phi) is 7.43. The maximum absolute atomic E-state index is 5.16. The zero-order valence-electron chi connectivity index (χ0n) is 28.8. The second kappa shape index (κ2) is 12.9. The molecule has 0 amide bonds. The molecular weight excluding hydrogens is 645 g/mol. The quantitative estimate of drug-likeness (QED) is 0.176. The molecule has 0 radical (unpaired) electrons. The third kappa shape index (κ3) is 5.54. The van der Waals surface area contributed by atoms with Crippen LogP contribution < -0.4 is 0 Å². The number of para-hydroxylation sites is 1.